The van der Waals surface area contributed by atoms with Gasteiger partial charge < -0.3 is 11.1 Å². The standard InChI is InChI=1S/C24H22ClF4N5O3S.C19H20F4N4O.C5H3Cl2NO2S.C5H5ClN2.ClH/c1-13-8-31-20(16-9-32-23(33-10-16)24(27,28)29)5-15(13)3-4-22(35)21-7-19(26)14(2)34(21)38(36,37)18-6-17(25)11-30-12-18;1-10-7-24-15(13-8-25-18(26-9-13)19(21,22)23)5-12(10)3-4-17(28)16-6-14(20)11(2)27-16;6-4-1-5(3-8-2-4)11(7,9)10;6-4-1-5(7)3-8-2-4;/h5-6,8-12,14,19,21H,3-4,7H2,1-2H3;5,7-9,11,14,16,27H,3-4,6H2,1-2H3;1-3H;1-3H,7H2;1H/t14-,19+,21-;11-,14+,16-;;;/m00.../s1. The van der Waals surface area contributed by atoms with Gasteiger partial charge in [0.1, 0.15) is 27.9 Å². The van der Waals surface area contributed by atoms with Gasteiger partial charge in [0, 0.05) is 128 Å². The maximum atomic E-state index is 14.7. The SMILES string of the molecule is Cc1cnc(-c2cnc(C(F)(F)F)nc2)cc1CCC(=O)[C@@H]1C[C@@H](F)[C@H](C)N1.Cc1cnc(-c2cnc(C(F)(F)F)nc2)cc1CCC(=O)[C@@H]1C[C@@H](F)[C@H](C)N1S(=O)(=O)c1cncc(Cl)c1.Cl.Nc1cncc(Cl)c1.O=S(=O)(Cl)c1cncc(Cl)c1. The van der Waals surface area contributed by atoms with Crippen LogP contribution in [0.15, 0.2) is 114 Å². The number of alkyl halides is 8. The number of hydrogen-bond donors (Lipinski definition) is 2. The number of carbonyl (C=O) groups excluding carboxylic acids is 2. The normalized spacial score (nSPS) is 18.7. The molecule has 7 aromatic rings. The predicted octanol–water partition coefficient (Wildman–Crippen LogP) is 11.5. The van der Waals surface area contributed by atoms with E-state index in [1.807, 2.05) is 6.92 Å². The van der Waals surface area contributed by atoms with E-state index < -0.39 is 79.3 Å². The van der Waals surface area contributed by atoms with Crippen molar-refractivity contribution >= 4 is 94.2 Å². The van der Waals surface area contributed by atoms with E-state index in [4.69, 9.17) is 51.2 Å². The Balaban J connectivity index is 0.000000243. The van der Waals surface area contributed by atoms with Crippen molar-refractivity contribution in [1.29, 1.82) is 0 Å². The molecular weight excluding hydrogens is 1290 g/mol. The first kappa shape index (κ1) is 70.5. The zero-order valence-corrected chi connectivity index (χ0v) is 50.8. The van der Waals surface area contributed by atoms with Crippen molar-refractivity contribution in [2.75, 3.05) is 5.73 Å². The fourth-order valence-corrected chi connectivity index (χ4v) is 11.6. The first-order valence-electron chi connectivity index (χ1n) is 25.1. The van der Waals surface area contributed by atoms with Crippen molar-refractivity contribution in [2.24, 2.45) is 0 Å². The number of ketones is 2. The minimum absolute atomic E-state index is 0. The van der Waals surface area contributed by atoms with E-state index in [-0.39, 0.29) is 81.7 Å². The number of aryl methyl sites for hydroxylation is 4. The molecule has 2 aliphatic rings. The van der Waals surface area contributed by atoms with E-state index in [1.165, 1.54) is 43.8 Å². The average molecular weight is 1350 g/mol. The summed E-state index contributed by atoms with van der Waals surface area (Å²) in [6.45, 7) is 6.70. The van der Waals surface area contributed by atoms with Gasteiger partial charge in [-0.1, -0.05) is 34.8 Å². The molecule has 9 heterocycles. The van der Waals surface area contributed by atoms with Gasteiger partial charge in [-0.25, -0.2) is 45.6 Å². The van der Waals surface area contributed by atoms with Crippen LogP contribution in [0.1, 0.15) is 73.4 Å². The van der Waals surface area contributed by atoms with Gasteiger partial charge in [0.05, 0.1) is 50.3 Å². The van der Waals surface area contributed by atoms with Crippen LogP contribution in [0.3, 0.4) is 0 Å². The summed E-state index contributed by atoms with van der Waals surface area (Å²) in [7, 11) is -2.96. The Morgan fingerprint density at radius 3 is 1.42 bits per heavy atom. The highest BCUT2D eigenvalue weighted by Crippen LogP contribution is 2.35. The Morgan fingerprint density at radius 2 is 1.03 bits per heavy atom. The highest BCUT2D eigenvalue weighted by Gasteiger charge is 2.49. The van der Waals surface area contributed by atoms with Crippen molar-refractivity contribution in [3.05, 3.63) is 154 Å². The van der Waals surface area contributed by atoms with Crippen molar-refractivity contribution in [3.8, 4) is 22.5 Å². The lowest BCUT2D eigenvalue weighted by Gasteiger charge is -2.26. The first-order valence-corrected chi connectivity index (χ1v) is 30.0. The minimum Gasteiger partial charge on any atom is -0.397 e. The molecular formula is C53H51Cl5F8N12O6S2. The summed E-state index contributed by atoms with van der Waals surface area (Å²) in [5.41, 5.74) is 10.3. The third-order valence-corrected chi connectivity index (χ3v) is 16.9. The molecule has 462 valence electrons. The van der Waals surface area contributed by atoms with Gasteiger partial charge in [-0.2, -0.15) is 30.6 Å². The number of anilines is 1. The second-order valence-electron chi connectivity index (χ2n) is 19.2. The molecule has 0 aliphatic carbocycles. The second-order valence-corrected chi connectivity index (χ2v) is 24.9. The molecule has 33 heteroatoms. The highest BCUT2D eigenvalue weighted by molar-refractivity contribution is 8.13. The van der Waals surface area contributed by atoms with Crippen LogP contribution >= 0.6 is 57.9 Å². The van der Waals surface area contributed by atoms with Crippen LogP contribution in [0.25, 0.3) is 22.5 Å². The summed E-state index contributed by atoms with van der Waals surface area (Å²) in [6, 6.07) is 4.31. The third kappa shape index (κ3) is 19.4. The Bertz CT molecular complexity index is 3700. The minimum atomic E-state index is -4.67. The van der Waals surface area contributed by atoms with Crippen LogP contribution in [-0.2, 0) is 53.9 Å². The number of nitrogens with one attached hydrogen (secondary N) is 1. The predicted molar refractivity (Wildman–Crippen MR) is 307 cm³/mol. The summed E-state index contributed by atoms with van der Waals surface area (Å²) < 4.78 is 153. The molecule has 0 spiro atoms. The van der Waals surface area contributed by atoms with Gasteiger partial charge in [-0.05, 0) is 93.1 Å². The Morgan fingerprint density at radius 1 is 0.605 bits per heavy atom. The van der Waals surface area contributed by atoms with E-state index in [2.05, 4.69) is 50.2 Å². The molecule has 0 bridgehead atoms. The van der Waals surface area contributed by atoms with E-state index >= 15 is 0 Å². The summed E-state index contributed by atoms with van der Waals surface area (Å²) in [5.74, 6) is -3.00. The van der Waals surface area contributed by atoms with Gasteiger partial charge in [-0.3, -0.25) is 34.5 Å². The zero-order valence-electron chi connectivity index (χ0n) is 45.3. The Kier molecular flexibility index (Phi) is 24.7. The third-order valence-electron chi connectivity index (χ3n) is 13.0. The van der Waals surface area contributed by atoms with Gasteiger partial charge in [0.2, 0.25) is 21.7 Å². The number of halogens is 13. The molecule has 2 saturated heterocycles. The van der Waals surface area contributed by atoms with Gasteiger partial charge >= 0.3 is 12.4 Å². The molecule has 0 amide bonds. The molecule has 0 unspecified atom stereocenters. The van der Waals surface area contributed by atoms with Crippen LogP contribution in [0.2, 0.25) is 15.1 Å². The lowest BCUT2D eigenvalue weighted by Crippen LogP contribution is -2.44. The summed E-state index contributed by atoms with van der Waals surface area (Å²) in [6.07, 6.45) is 3.99. The molecule has 0 radical (unpaired) electrons. The van der Waals surface area contributed by atoms with Crippen LogP contribution in [0.5, 0.6) is 0 Å². The number of carbonyl (C=O) groups is 2. The lowest BCUT2D eigenvalue weighted by atomic mass is 9.99. The summed E-state index contributed by atoms with van der Waals surface area (Å²) in [5, 5.41) is 3.86. The number of sulfonamides is 1. The van der Waals surface area contributed by atoms with Gasteiger partial charge in [0.15, 0.2) is 5.78 Å². The molecule has 2 fully saturated rings. The number of aromatic nitrogens is 9. The fraction of sp³-hybridized carbons (Fsp3) is 0.340. The lowest BCUT2D eigenvalue weighted by molar-refractivity contribution is -0.145. The molecule has 7 aromatic heterocycles. The summed E-state index contributed by atoms with van der Waals surface area (Å²) >= 11 is 16.9. The number of nitrogen functional groups attached to an aromatic ring is 1. The number of nitrogens with zero attached hydrogens (tertiary/aromatic N) is 10. The molecule has 2 aliphatic heterocycles. The Labute approximate surface area is 514 Å². The smallest absolute Gasteiger partial charge is 0.397 e. The van der Waals surface area contributed by atoms with Crippen molar-refractivity contribution in [3.63, 3.8) is 0 Å². The van der Waals surface area contributed by atoms with Gasteiger partial charge in [0.25, 0.3) is 9.05 Å². The molecule has 86 heavy (non-hydrogen) atoms. The average Bonchev–Trinajstić information content (AvgIpc) is 2.02. The number of Topliss-reactive ketones (excluding diaryl/α,β-unsaturated/α-hetero) is 2. The number of hydrogen-bond acceptors (Lipinski definition) is 17. The topological polar surface area (TPSA) is 260 Å². The maximum Gasteiger partial charge on any atom is 0.451 e. The van der Waals surface area contributed by atoms with E-state index in [0.29, 0.717) is 45.2 Å². The molecule has 0 saturated carbocycles. The Hall–Kier alpha value is -6.24. The first-order chi connectivity index (χ1) is 39.7. The highest BCUT2D eigenvalue weighted by atomic mass is 35.7. The molecule has 3 N–H and O–H groups in total. The maximum absolute atomic E-state index is 14.7. The van der Waals surface area contributed by atoms with Crippen molar-refractivity contribution in [1.82, 2.24) is 54.5 Å². The van der Waals surface area contributed by atoms with Crippen molar-refractivity contribution in [2.45, 2.75) is 125 Å². The van der Waals surface area contributed by atoms with Crippen LogP contribution in [0, 0.1) is 13.8 Å². The van der Waals surface area contributed by atoms with E-state index in [1.54, 1.807) is 44.4 Å². The number of rotatable bonds is 13. The molecule has 18 nitrogen and oxygen atoms in total. The largest absolute Gasteiger partial charge is 0.451 e. The van der Waals surface area contributed by atoms with Crippen LogP contribution in [-0.4, -0.2) is 114 Å². The van der Waals surface area contributed by atoms with Gasteiger partial charge in [-0.15, -0.1) is 12.4 Å². The quantitative estimate of drug-likeness (QED) is 0.0803. The molecule has 6 atom stereocenters. The number of pyridine rings is 5. The number of nitrogens with two attached hydrogens (primary N) is 1. The fourth-order valence-electron chi connectivity index (χ4n) is 8.42. The zero-order chi connectivity index (χ0) is 62.8. The summed E-state index contributed by atoms with van der Waals surface area (Å²) in [4.78, 5) is 58.1. The van der Waals surface area contributed by atoms with E-state index in [9.17, 15) is 61.5 Å². The van der Waals surface area contributed by atoms with Crippen LogP contribution in [0.4, 0.5) is 40.8 Å². The van der Waals surface area contributed by atoms with E-state index in [0.717, 1.165) is 52.6 Å². The van der Waals surface area contributed by atoms with Crippen molar-refractivity contribution < 1.29 is 61.5 Å². The molecule has 9 rings (SSSR count). The molecule has 0 aromatic carbocycles. The van der Waals surface area contributed by atoms with Crippen LogP contribution < -0.4 is 11.1 Å². The monoisotopic (exact) mass is 1340 g/mol. The second kappa shape index (κ2) is 30.1.